The van der Waals surface area contributed by atoms with Gasteiger partial charge in [0, 0.05) is 18.3 Å². The molecule has 1 unspecified atom stereocenters. The molecule has 2 nitrogen and oxygen atoms in total. The third kappa shape index (κ3) is 5.27. The van der Waals surface area contributed by atoms with Gasteiger partial charge < -0.3 is 5.32 Å². The summed E-state index contributed by atoms with van der Waals surface area (Å²) in [4.78, 5) is 4.66. The van der Waals surface area contributed by atoms with Crippen LogP contribution in [0.4, 0.5) is 0 Å². The quantitative estimate of drug-likeness (QED) is 0.765. The molecule has 1 saturated heterocycles. The number of amidine groups is 1. The smallest absolute Gasteiger partial charge is 0.156 e. The second-order valence-electron chi connectivity index (χ2n) is 5.09. The van der Waals surface area contributed by atoms with E-state index in [9.17, 15) is 0 Å². The highest BCUT2D eigenvalue weighted by Gasteiger charge is 2.19. The molecule has 0 bridgehead atoms. The third-order valence-electron chi connectivity index (χ3n) is 3.34. The maximum absolute atomic E-state index is 4.66. The summed E-state index contributed by atoms with van der Waals surface area (Å²) in [7, 11) is 0. The predicted octanol–water partition coefficient (Wildman–Crippen LogP) is 3.87. The van der Waals surface area contributed by atoms with E-state index in [1.807, 2.05) is 11.8 Å². The highest BCUT2D eigenvalue weighted by atomic mass is 32.2. The molecule has 0 spiro atoms. The fourth-order valence-corrected chi connectivity index (χ4v) is 3.25. The molecule has 1 aliphatic rings. The first-order chi connectivity index (χ1) is 9.38. The van der Waals surface area contributed by atoms with E-state index in [4.69, 9.17) is 0 Å². The molecule has 3 heteroatoms. The lowest BCUT2D eigenvalue weighted by Gasteiger charge is -2.09. The van der Waals surface area contributed by atoms with Crippen LogP contribution in [-0.4, -0.2) is 23.5 Å². The van der Waals surface area contributed by atoms with Crippen molar-refractivity contribution in [3.63, 3.8) is 0 Å². The van der Waals surface area contributed by atoms with Gasteiger partial charge in [0.1, 0.15) is 0 Å². The van der Waals surface area contributed by atoms with Gasteiger partial charge in [-0.25, -0.2) is 0 Å². The van der Waals surface area contributed by atoms with Crippen LogP contribution in [0.1, 0.15) is 38.2 Å². The minimum Gasteiger partial charge on any atom is -0.361 e. The summed E-state index contributed by atoms with van der Waals surface area (Å²) in [5, 5.41) is 4.69. The van der Waals surface area contributed by atoms with Crippen molar-refractivity contribution in [2.24, 2.45) is 4.99 Å². The number of rotatable bonds is 7. The summed E-state index contributed by atoms with van der Waals surface area (Å²) in [6.07, 6.45) is 6.27. The van der Waals surface area contributed by atoms with Crippen LogP contribution in [0, 0.1) is 0 Å². The van der Waals surface area contributed by atoms with E-state index in [1.165, 1.54) is 31.2 Å². The SMILES string of the molecule is CCCCCCN=C1NC(Cc2ccccc2)CS1. The molecule has 1 aliphatic heterocycles. The average Bonchev–Trinajstić information content (AvgIpc) is 2.87. The van der Waals surface area contributed by atoms with Crippen molar-refractivity contribution in [3.8, 4) is 0 Å². The predicted molar refractivity (Wildman–Crippen MR) is 86.0 cm³/mol. The number of benzene rings is 1. The number of nitrogens with one attached hydrogen (secondary N) is 1. The van der Waals surface area contributed by atoms with Gasteiger partial charge in [0.2, 0.25) is 0 Å². The molecule has 2 rings (SSSR count). The van der Waals surface area contributed by atoms with Crippen LogP contribution in [0.15, 0.2) is 35.3 Å². The molecule has 0 aromatic heterocycles. The first-order valence-electron chi connectivity index (χ1n) is 7.36. The van der Waals surface area contributed by atoms with Crippen LogP contribution in [0.5, 0.6) is 0 Å². The Bertz CT molecular complexity index is 389. The Labute approximate surface area is 121 Å². The van der Waals surface area contributed by atoms with E-state index in [-0.39, 0.29) is 0 Å². The number of unbranched alkanes of at least 4 members (excludes halogenated alkanes) is 3. The van der Waals surface area contributed by atoms with Crippen LogP contribution < -0.4 is 5.32 Å². The van der Waals surface area contributed by atoms with Crippen LogP contribution in [0.2, 0.25) is 0 Å². The zero-order chi connectivity index (χ0) is 13.3. The lowest BCUT2D eigenvalue weighted by molar-refractivity contribution is 0.666. The molecule has 0 aliphatic carbocycles. The Morgan fingerprint density at radius 2 is 2.05 bits per heavy atom. The fraction of sp³-hybridized carbons (Fsp3) is 0.562. The van der Waals surface area contributed by atoms with Crippen molar-refractivity contribution >= 4 is 16.9 Å². The highest BCUT2D eigenvalue weighted by Crippen LogP contribution is 2.17. The molecular formula is C16H24N2S. The van der Waals surface area contributed by atoms with Crippen molar-refractivity contribution in [2.75, 3.05) is 12.3 Å². The van der Waals surface area contributed by atoms with Crippen molar-refractivity contribution in [1.29, 1.82) is 0 Å². The van der Waals surface area contributed by atoms with Gasteiger partial charge in [0.15, 0.2) is 5.17 Å². The van der Waals surface area contributed by atoms with Gasteiger partial charge >= 0.3 is 0 Å². The van der Waals surface area contributed by atoms with E-state index >= 15 is 0 Å². The van der Waals surface area contributed by atoms with Crippen molar-refractivity contribution < 1.29 is 0 Å². The van der Waals surface area contributed by atoms with Crippen molar-refractivity contribution in [1.82, 2.24) is 5.32 Å². The topological polar surface area (TPSA) is 24.4 Å². The second-order valence-corrected chi connectivity index (χ2v) is 6.10. The van der Waals surface area contributed by atoms with Gasteiger partial charge in [0.05, 0.1) is 0 Å². The Balaban J connectivity index is 1.69. The molecular weight excluding hydrogens is 252 g/mol. The minimum absolute atomic E-state index is 0.543. The minimum atomic E-state index is 0.543. The zero-order valence-electron chi connectivity index (χ0n) is 11.8. The summed E-state index contributed by atoms with van der Waals surface area (Å²) in [5.41, 5.74) is 1.41. The summed E-state index contributed by atoms with van der Waals surface area (Å²) >= 11 is 1.87. The van der Waals surface area contributed by atoms with E-state index in [0.717, 1.165) is 23.9 Å². The highest BCUT2D eigenvalue weighted by molar-refractivity contribution is 8.14. The summed E-state index contributed by atoms with van der Waals surface area (Å²) in [5.74, 6) is 1.14. The van der Waals surface area contributed by atoms with Gasteiger partial charge in [-0.1, -0.05) is 68.3 Å². The summed E-state index contributed by atoms with van der Waals surface area (Å²) < 4.78 is 0. The summed E-state index contributed by atoms with van der Waals surface area (Å²) in [6.45, 7) is 3.22. The average molecular weight is 276 g/mol. The van der Waals surface area contributed by atoms with Gasteiger partial charge in [-0.05, 0) is 18.4 Å². The second kappa shape index (κ2) is 8.26. The number of hydrogen-bond donors (Lipinski definition) is 1. The van der Waals surface area contributed by atoms with Gasteiger partial charge in [-0.15, -0.1) is 0 Å². The molecule has 0 saturated carbocycles. The molecule has 1 aromatic rings. The first kappa shape index (κ1) is 14.4. The largest absolute Gasteiger partial charge is 0.361 e. The van der Waals surface area contributed by atoms with Crippen LogP contribution >= 0.6 is 11.8 Å². The molecule has 19 heavy (non-hydrogen) atoms. The van der Waals surface area contributed by atoms with Gasteiger partial charge in [-0.2, -0.15) is 0 Å². The number of nitrogens with zero attached hydrogens (tertiary/aromatic N) is 1. The molecule has 0 amide bonds. The normalized spacial score (nSPS) is 20.7. The van der Waals surface area contributed by atoms with Crippen molar-refractivity contribution in [2.45, 2.75) is 45.1 Å². The Morgan fingerprint density at radius 1 is 1.21 bits per heavy atom. The zero-order valence-corrected chi connectivity index (χ0v) is 12.6. The molecule has 1 aromatic carbocycles. The maximum Gasteiger partial charge on any atom is 0.156 e. The van der Waals surface area contributed by atoms with Crippen LogP contribution in [0.25, 0.3) is 0 Å². The number of hydrogen-bond acceptors (Lipinski definition) is 2. The Kier molecular flexibility index (Phi) is 6.28. The molecule has 0 radical (unpaired) electrons. The van der Waals surface area contributed by atoms with Gasteiger partial charge in [0.25, 0.3) is 0 Å². The number of aliphatic imine (C=N–C) groups is 1. The lowest BCUT2D eigenvalue weighted by Crippen LogP contribution is -2.29. The van der Waals surface area contributed by atoms with E-state index in [0.29, 0.717) is 6.04 Å². The fourth-order valence-electron chi connectivity index (χ4n) is 2.26. The monoisotopic (exact) mass is 276 g/mol. The Hall–Kier alpha value is -0.960. The summed E-state index contributed by atoms with van der Waals surface area (Å²) in [6, 6.07) is 11.2. The molecule has 1 fully saturated rings. The van der Waals surface area contributed by atoms with Crippen LogP contribution in [0.3, 0.4) is 0 Å². The van der Waals surface area contributed by atoms with E-state index in [1.54, 1.807) is 0 Å². The van der Waals surface area contributed by atoms with E-state index in [2.05, 4.69) is 47.6 Å². The third-order valence-corrected chi connectivity index (χ3v) is 4.43. The van der Waals surface area contributed by atoms with Crippen molar-refractivity contribution in [3.05, 3.63) is 35.9 Å². The Morgan fingerprint density at radius 3 is 2.84 bits per heavy atom. The standard InChI is InChI=1S/C16H24N2S/c1-2-3-4-8-11-17-16-18-15(13-19-16)12-14-9-6-5-7-10-14/h5-7,9-10,15H,2-4,8,11-13H2,1H3,(H,17,18). The number of thioether (sulfide) groups is 1. The van der Waals surface area contributed by atoms with E-state index < -0.39 is 0 Å². The maximum atomic E-state index is 4.66. The lowest BCUT2D eigenvalue weighted by atomic mass is 10.1. The van der Waals surface area contributed by atoms with Gasteiger partial charge in [-0.3, -0.25) is 4.99 Å². The molecule has 1 N–H and O–H groups in total. The molecule has 104 valence electrons. The van der Waals surface area contributed by atoms with Crippen LogP contribution in [-0.2, 0) is 6.42 Å². The molecule has 1 atom stereocenters. The first-order valence-corrected chi connectivity index (χ1v) is 8.34. The molecule has 1 heterocycles.